The number of hydrogen-bond acceptors (Lipinski definition) is 5. The number of aromatic nitrogens is 2. The van der Waals surface area contributed by atoms with Gasteiger partial charge in [-0.2, -0.15) is 0 Å². The van der Waals surface area contributed by atoms with E-state index in [2.05, 4.69) is 12.1 Å². The lowest BCUT2D eigenvalue weighted by atomic mass is 9.99. The van der Waals surface area contributed by atoms with Crippen LogP contribution in [-0.2, 0) is 13.0 Å². The molecule has 6 nitrogen and oxygen atoms in total. The van der Waals surface area contributed by atoms with Crippen molar-refractivity contribution >= 4 is 34.4 Å². The molecule has 5 aromatic rings. The molecule has 0 saturated carbocycles. The SMILES string of the molecule is O=C(CSc1nc2cc(C(=O)N3CCc4ccccc4C3)ccc2c(=O)n1-c1ccccc1)c1ccccc1. The van der Waals surface area contributed by atoms with Crippen molar-refractivity contribution in [2.24, 2.45) is 0 Å². The van der Waals surface area contributed by atoms with Crippen LogP contribution < -0.4 is 5.56 Å². The second-order valence-electron chi connectivity index (χ2n) is 9.43. The van der Waals surface area contributed by atoms with E-state index in [9.17, 15) is 14.4 Å². The van der Waals surface area contributed by atoms with Gasteiger partial charge in [0.15, 0.2) is 10.9 Å². The maximum Gasteiger partial charge on any atom is 0.266 e. The maximum absolute atomic E-state index is 13.7. The maximum atomic E-state index is 13.7. The number of hydrogen-bond donors (Lipinski definition) is 0. The summed E-state index contributed by atoms with van der Waals surface area (Å²) in [5, 5.41) is 0.817. The van der Waals surface area contributed by atoms with Crippen LogP contribution in [0.2, 0.25) is 0 Å². The first-order chi connectivity index (χ1) is 19.1. The molecule has 0 unspecified atom stereocenters. The zero-order valence-electron chi connectivity index (χ0n) is 21.1. The van der Waals surface area contributed by atoms with Gasteiger partial charge in [-0.05, 0) is 47.9 Å². The van der Waals surface area contributed by atoms with Gasteiger partial charge in [-0.3, -0.25) is 19.0 Å². The molecule has 1 aliphatic heterocycles. The minimum Gasteiger partial charge on any atom is -0.334 e. The summed E-state index contributed by atoms with van der Waals surface area (Å²) >= 11 is 1.22. The fourth-order valence-corrected chi connectivity index (χ4v) is 5.80. The molecular formula is C32H25N3O3S. The minimum atomic E-state index is -0.244. The Labute approximate surface area is 229 Å². The molecular weight excluding hydrogens is 506 g/mol. The van der Waals surface area contributed by atoms with Crippen LogP contribution in [0.4, 0.5) is 0 Å². The average Bonchev–Trinajstić information content (AvgIpc) is 3.00. The highest BCUT2D eigenvalue weighted by molar-refractivity contribution is 7.99. The molecule has 0 aliphatic carbocycles. The fourth-order valence-electron chi connectivity index (χ4n) is 4.89. The van der Waals surface area contributed by atoms with E-state index in [1.54, 1.807) is 30.3 Å². The van der Waals surface area contributed by atoms with Crippen LogP contribution in [0.25, 0.3) is 16.6 Å². The molecule has 0 radical (unpaired) electrons. The van der Waals surface area contributed by atoms with Gasteiger partial charge in [-0.15, -0.1) is 0 Å². The number of nitrogens with zero attached hydrogens (tertiary/aromatic N) is 3. The Kier molecular flexibility index (Phi) is 6.82. The highest BCUT2D eigenvalue weighted by atomic mass is 32.2. The van der Waals surface area contributed by atoms with Gasteiger partial charge in [0.2, 0.25) is 0 Å². The Morgan fingerprint density at radius 3 is 2.26 bits per heavy atom. The van der Waals surface area contributed by atoms with Gasteiger partial charge in [-0.25, -0.2) is 4.98 Å². The summed E-state index contributed by atoms with van der Waals surface area (Å²) in [4.78, 5) is 46.6. The van der Waals surface area contributed by atoms with E-state index in [4.69, 9.17) is 4.98 Å². The third-order valence-electron chi connectivity index (χ3n) is 6.95. The number of carbonyl (C=O) groups excluding carboxylic acids is 2. The number of Topliss-reactive ketones (excluding diaryl/α,β-unsaturated/α-hetero) is 1. The molecule has 192 valence electrons. The second kappa shape index (κ2) is 10.7. The molecule has 0 atom stereocenters. The van der Waals surface area contributed by atoms with Crippen LogP contribution in [0.1, 0.15) is 31.8 Å². The third kappa shape index (κ3) is 5.01. The van der Waals surface area contributed by atoms with Gasteiger partial charge in [-0.1, -0.05) is 84.6 Å². The molecule has 7 heteroatoms. The standard InChI is InChI=1S/C32H25N3O3S/c36-29(23-10-3-1-4-11-23)21-39-32-33-28-19-24(30(37)34-18-17-22-9-7-8-12-25(22)20-34)15-16-27(28)31(38)35(32)26-13-5-2-6-14-26/h1-16,19H,17-18,20-21H2. The van der Waals surface area contributed by atoms with Crippen molar-refractivity contribution in [3.63, 3.8) is 0 Å². The molecule has 0 N–H and O–H groups in total. The number of carbonyl (C=O) groups is 2. The normalized spacial score (nSPS) is 12.8. The summed E-state index contributed by atoms with van der Waals surface area (Å²) in [6, 6.07) is 31.6. The van der Waals surface area contributed by atoms with Crippen molar-refractivity contribution in [1.82, 2.24) is 14.5 Å². The molecule has 2 heterocycles. The van der Waals surface area contributed by atoms with Gasteiger partial charge in [0.1, 0.15) is 0 Å². The van der Waals surface area contributed by atoms with Gasteiger partial charge in [0, 0.05) is 24.2 Å². The molecule has 1 aromatic heterocycles. The van der Waals surface area contributed by atoms with Gasteiger partial charge in [0.05, 0.1) is 22.3 Å². The molecule has 1 aliphatic rings. The molecule has 1 amide bonds. The summed E-state index contributed by atoms with van der Waals surface area (Å²) in [7, 11) is 0. The van der Waals surface area contributed by atoms with E-state index >= 15 is 0 Å². The zero-order chi connectivity index (χ0) is 26.8. The second-order valence-corrected chi connectivity index (χ2v) is 10.4. The van der Waals surface area contributed by atoms with Crippen LogP contribution in [0.15, 0.2) is 113 Å². The van der Waals surface area contributed by atoms with Gasteiger partial charge < -0.3 is 4.90 Å². The van der Waals surface area contributed by atoms with E-state index in [-0.39, 0.29) is 23.0 Å². The molecule has 0 spiro atoms. The zero-order valence-corrected chi connectivity index (χ0v) is 21.9. The first kappa shape index (κ1) is 24.8. The number of thioether (sulfide) groups is 1. The summed E-state index contributed by atoms with van der Waals surface area (Å²) in [5.74, 6) is -0.0154. The number of amides is 1. The molecule has 39 heavy (non-hydrogen) atoms. The number of ketones is 1. The summed E-state index contributed by atoms with van der Waals surface area (Å²) in [6.07, 6.45) is 0.811. The van der Waals surface area contributed by atoms with Crippen LogP contribution in [0, 0.1) is 0 Å². The molecule has 0 bridgehead atoms. The Morgan fingerprint density at radius 2 is 1.49 bits per heavy atom. The number of para-hydroxylation sites is 1. The minimum absolute atomic E-state index is 0.0520. The van der Waals surface area contributed by atoms with Gasteiger partial charge >= 0.3 is 0 Å². The average molecular weight is 532 g/mol. The van der Waals surface area contributed by atoms with Crippen LogP contribution in [-0.4, -0.2) is 38.4 Å². The highest BCUT2D eigenvalue weighted by Crippen LogP contribution is 2.25. The Hall–Kier alpha value is -4.49. The van der Waals surface area contributed by atoms with Crippen LogP contribution in [0.5, 0.6) is 0 Å². The Bertz CT molecular complexity index is 1750. The van der Waals surface area contributed by atoms with E-state index in [0.717, 1.165) is 12.0 Å². The fraction of sp³-hybridized carbons (Fsp3) is 0.125. The van der Waals surface area contributed by atoms with Gasteiger partial charge in [0.25, 0.3) is 11.5 Å². The topological polar surface area (TPSA) is 72.3 Å². The van der Waals surface area contributed by atoms with Crippen molar-refractivity contribution in [3.8, 4) is 5.69 Å². The molecule has 0 saturated heterocycles. The number of rotatable bonds is 6. The first-order valence-corrected chi connectivity index (χ1v) is 13.8. The van der Waals surface area contributed by atoms with Crippen molar-refractivity contribution < 1.29 is 9.59 Å². The predicted molar refractivity (Wildman–Crippen MR) is 154 cm³/mol. The summed E-state index contributed by atoms with van der Waals surface area (Å²) in [5.41, 5.74) is 4.38. The van der Waals surface area contributed by atoms with Crippen LogP contribution >= 0.6 is 11.8 Å². The molecule has 0 fully saturated rings. The largest absolute Gasteiger partial charge is 0.334 e. The van der Waals surface area contributed by atoms with Crippen molar-refractivity contribution in [2.45, 2.75) is 18.1 Å². The Balaban J connectivity index is 1.36. The lowest BCUT2D eigenvalue weighted by Crippen LogP contribution is -2.36. The van der Waals surface area contributed by atoms with E-state index < -0.39 is 0 Å². The molecule has 4 aromatic carbocycles. The Morgan fingerprint density at radius 1 is 0.795 bits per heavy atom. The highest BCUT2D eigenvalue weighted by Gasteiger charge is 2.23. The monoisotopic (exact) mass is 531 g/mol. The van der Waals surface area contributed by atoms with Crippen molar-refractivity contribution in [3.05, 3.63) is 136 Å². The molecule has 6 rings (SSSR count). The van der Waals surface area contributed by atoms with E-state index in [0.29, 0.717) is 46.0 Å². The smallest absolute Gasteiger partial charge is 0.266 e. The third-order valence-corrected chi connectivity index (χ3v) is 7.88. The van der Waals surface area contributed by atoms with E-state index in [1.165, 1.54) is 21.9 Å². The van der Waals surface area contributed by atoms with Crippen molar-refractivity contribution in [2.75, 3.05) is 12.3 Å². The number of benzene rings is 4. The quantitative estimate of drug-likeness (QED) is 0.163. The van der Waals surface area contributed by atoms with Crippen LogP contribution in [0.3, 0.4) is 0 Å². The lowest BCUT2D eigenvalue weighted by molar-refractivity contribution is 0.0734. The first-order valence-electron chi connectivity index (χ1n) is 12.8. The predicted octanol–water partition coefficient (Wildman–Crippen LogP) is 5.56. The van der Waals surface area contributed by atoms with E-state index in [1.807, 2.05) is 65.6 Å². The van der Waals surface area contributed by atoms with Crippen molar-refractivity contribution in [1.29, 1.82) is 0 Å². The summed E-state index contributed by atoms with van der Waals surface area (Å²) in [6.45, 7) is 1.19. The number of fused-ring (bicyclic) bond motifs is 2. The lowest BCUT2D eigenvalue weighted by Gasteiger charge is -2.29. The summed E-state index contributed by atoms with van der Waals surface area (Å²) < 4.78 is 1.54.